The molecule has 1 fully saturated rings. The fourth-order valence-corrected chi connectivity index (χ4v) is 4.35. The maximum atomic E-state index is 12.6. The molecular weight excluding hydrogens is 346 g/mol. The molecule has 1 aliphatic heterocycles. The molecule has 1 saturated heterocycles. The lowest BCUT2D eigenvalue weighted by molar-refractivity contribution is 0.135. The quantitative estimate of drug-likeness (QED) is 0.826. The van der Waals surface area contributed by atoms with E-state index in [2.05, 4.69) is 0 Å². The maximum absolute atomic E-state index is 12.6. The van der Waals surface area contributed by atoms with Crippen LogP contribution in [0.1, 0.15) is 18.4 Å². The molecule has 24 heavy (non-hydrogen) atoms. The van der Waals surface area contributed by atoms with Crippen molar-refractivity contribution in [2.75, 3.05) is 13.1 Å². The number of sulfonamides is 1. The summed E-state index contributed by atoms with van der Waals surface area (Å²) in [7, 11) is -3.46. The molecule has 0 atom stereocenters. The van der Waals surface area contributed by atoms with Crippen LogP contribution in [-0.2, 0) is 10.0 Å². The van der Waals surface area contributed by atoms with Crippen molar-refractivity contribution in [2.45, 2.75) is 30.8 Å². The Bertz CT molecular complexity index is 780. The van der Waals surface area contributed by atoms with Gasteiger partial charge in [0.2, 0.25) is 10.0 Å². The van der Waals surface area contributed by atoms with Crippen molar-refractivity contribution in [3.63, 3.8) is 0 Å². The van der Waals surface area contributed by atoms with Gasteiger partial charge >= 0.3 is 0 Å². The molecule has 1 aliphatic rings. The van der Waals surface area contributed by atoms with Crippen molar-refractivity contribution in [2.24, 2.45) is 0 Å². The standard InChI is InChI=1S/C18H20ClNO3S/c1-14-2-6-16(7-3-14)23-17-10-12-20(13-11-17)24(21,22)18-8-4-15(19)5-9-18/h2-9,17H,10-13H2,1H3. The van der Waals surface area contributed by atoms with Crippen LogP contribution < -0.4 is 4.74 Å². The third-order valence-corrected chi connectivity index (χ3v) is 6.34. The van der Waals surface area contributed by atoms with E-state index in [9.17, 15) is 8.42 Å². The van der Waals surface area contributed by atoms with Crippen molar-refractivity contribution in [1.29, 1.82) is 0 Å². The highest BCUT2D eigenvalue weighted by atomic mass is 35.5. The van der Waals surface area contributed by atoms with Crippen LogP contribution in [0.5, 0.6) is 5.75 Å². The maximum Gasteiger partial charge on any atom is 0.243 e. The zero-order chi connectivity index (χ0) is 17.2. The van der Waals surface area contributed by atoms with Gasteiger partial charge in [0, 0.05) is 18.1 Å². The van der Waals surface area contributed by atoms with Gasteiger partial charge in [-0.3, -0.25) is 0 Å². The lowest BCUT2D eigenvalue weighted by atomic mass is 10.1. The first kappa shape index (κ1) is 17.3. The molecule has 0 amide bonds. The molecule has 0 radical (unpaired) electrons. The van der Waals surface area contributed by atoms with Gasteiger partial charge in [0.1, 0.15) is 11.9 Å². The molecule has 3 rings (SSSR count). The van der Waals surface area contributed by atoms with E-state index in [-0.39, 0.29) is 11.0 Å². The van der Waals surface area contributed by atoms with Gasteiger partial charge < -0.3 is 4.74 Å². The van der Waals surface area contributed by atoms with E-state index >= 15 is 0 Å². The van der Waals surface area contributed by atoms with Crippen LogP contribution in [0.15, 0.2) is 53.4 Å². The number of hydrogen-bond donors (Lipinski definition) is 0. The number of halogens is 1. The first-order chi connectivity index (χ1) is 11.4. The zero-order valence-electron chi connectivity index (χ0n) is 13.5. The van der Waals surface area contributed by atoms with E-state index in [1.807, 2.05) is 31.2 Å². The highest BCUT2D eigenvalue weighted by Crippen LogP contribution is 2.24. The summed E-state index contributed by atoms with van der Waals surface area (Å²) >= 11 is 5.83. The van der Waals surface area contributed by atoms with Crippen LogP contribution in [0.4, 0.5) is 0 Å². The summed E-state index contributed by atoms with van der Waals surface area (Å²) in [4.78, 5) is 0.282. The Morgan fingerprint density at radius 1 is 1.00 bits per heavy atom. The van der Waals surface area contributed by atoms with E-state index in [1.165, 1.54) is 9.87 Å². The molecule has 0 aromatic heterocycles. The van der Waals surface area contributed by atoms with Gasteiger partial charge in [0.05, 0.1) is 4.90 Å². The summed E-state index contributed by atoms with van der Waals surface area (Å²) in [5.41, 5.74) is 1.19. The molecule has 1 heterocycles. The second-order valence-electron chi connectivity index (χ2n) is 5.99. The van der Waals surface area contributed by atoms with E-state index in [0.717, 1.165) is 5.75 Å². The first-order valence-corrected chi connectivity index (χ1v) is 9.76. The number of piperidine rings is 1. The van der Waals surface area contributed by atoms with Crippen molar-refractivity contribution in [1.82, 2.24) is 4.31 Å². The number of aryl methyl sites for hydroxylation is 1. The topological polar surface area (TPSA) is 46.6 Å². The Morgan fingerprint density at radius 3 is 2.17 bits per heavy atom. The highest BCUT2D eigenvalue weighted by molar-refractivity contribution is 7.89. The van der Waals surface area contributed by atoms with Crippen LogP contribution in [0, 0.1) is 6.92 Å². The average Bonchev–Trinajstić information content (AvgIpc) is 2.58. The van der Waals surface area contributed by atoms with Gasteiger partial charge in [-0.1, -0.05) is 29.3 Å². The van der Waals surface area contributed by atoms with Crippen LogP contribution in [0.25, 0.3) is 0 Å². The monoisotopic (exact) mass is 365 g/mol. The Morgan fingerprint density at radius 2 is 1.58 bits per heavy atom. The van der Waals surface area contributed by atoms with Gasteiger partial charge in [-0.25, -0.2) is 8.42 Å². The molecule has 0 spiro atoms. The fraction of sp³-hybridized carbons (Fsp3) is 0.333. The minimum Gasteiger partial charge on any atom is -0.490 e. The summed E-state index contributed by atoms with van der Waals surface area (Å²) in [5.74, 6) is 0.833. The molecule has 0 saturated carbocycles. The molecule has 0 bridgehead atoms. The molecule has 6 heteroatoms. The molecule has 0 unspecified atom stereocenters. The Kier molecular flexibility index (Phi) is 5.13. The minimum atomic E-state index is -3.46. The fourth-order valence-electron chi connectivity index (χ4n) is 2.76. The van der Waals surface area contributed by atoms with Gasteiger partial charge in [0.25, 0.3) is 0 Å². The lowest BCUT2D eigenvalue weighted by Crippen LogP contribution is -2.41. The summed E-state index contributed by atoms with van der Waals surface area (Å²) < 4.78 is 32.8. The third kappa shape index (κ3) is 3.91. The second-order valence-corrected chi connectivity index (χ2v) is 8.36. The number of benzene rings is 2. The smallest absolute Gasteiger partial charge is 0.243 e. The van der Waals surface area contributed by atoms with Crippen LogP contribution in [0.3, 0.4) is 0 Å². The van der Waals surface area contributed by atoms with Gasteiger partial charge in [-0.05, 0) is 56.2 Å². The molecule has 0 N–H and O–H groups in total. The van der Waals surface area contributed by atoms with E-state index < -0.39 is 10.0 Å². The van der Waals surface area contributed by atoms with Crippen LogP contribution in [0.2, 0.25) is 5.02 Å². The predicted molar refractivity (Wildman–Crippen MR) is 95.0 cm³/mol. The van der Waals surface area contributed by atoms with Crippen molar-refractivity contribution in [3.05, 3.63) is 59.1 Å². The summed E-state index contributed by atoms with van der Waals surface area (Å²) in [6.45, 7) is 2.95. The Balaban J connectivity index is 1.62. The summed E-state index contributed by atoms with van der Waals surface area (Å²) in [6.07, 6.45) is 1.41. The summed E-state index contributed by atoms with van der Waals surface area (Å²) in [6, 6.07) is 14.2. The van der Waals surface area contributed by atoms with Gasteiger partial charge in [-0.2, -0.15) is 4.31 Å². The normalized spacial score (nSPS) is 16.9. The molecule has 2 aromatic rings. The zero-order valence-corrected chi connectivity index (χ0v) is 15.1. The van der Waals surface area contributed by atoms with E-state index in [1.54, 1.807) is 24.3 Å². The molecule has 4 nitrogen and oxygen atoms in total. The van der Waals surface area contributed by atoms with E-state index in [0.29, 0.717) is 31.0 Å². The Hall–Kier alpha value is -1.56. The minimum absolute atomic E-state index is 0.0457. The molecular formula is C18H20ClNO3S. The van der Waals surface area contributed by atoms with Crippen molar-refractivity contribution >= 4 is 21.6 Å². The number of hydrogen-bond acceptors (Lipinski definition) is 3. The lowest BCUT2D eigenvalue weighted by Gasteiger charge is -2.31. The summed E-state index contributed by atoms with van der Waals surface area (Å²) in [5, 5.41) is 0.527. The van der Waals surface area contributed by atoms with E-state index in [4.69, 9.17) is 16.3 Å². The van der Waals surface area contributed by atoms with Crippen LogP contribution in [-0.4, -0.2) is 31.9 Å². The largest absolute Gasteiger partial charge is 0.490 e. The predicted octanol–water partition coefficient (Wildman–Crippen LogP) is 3.88. The van der Waals surface area contributed by atoms with Crippen molar-refractivity contribution < 1.29 is 13.2 Å². The third-order valence-electron chi connectivity index (χ3n) is 4.18. The second kappa shape index (κ2) is 7.13. The highest BCUT2D eigenvalue weighted by Gasteiger charge is 2.30. The van der Waals surface area contributed by atoms with Crippen molar-refractivity contribution in [3.8, 4) is 5.75 Å². The SMILES string of the molecule is Cc1ccc(OC2CCN(S(=O)(=O)c3ccc(Cl)cc3)CC2)cc1. The van der Waals surface area contributed by atoms with Crippen LogP contribution >= 0.6 is 11.6 Å². The first-order valence-electron chi connectivity index (χ1n) is 7.94. The Labute approximate surface area is 148 Å². The average molecular weight is 366 g/mol. The molecule has 128 valence electrons. The van der Waals surface area contributed by atoms with Gasteiger partial charge in [0.15, 0.2) is 0 Å². The molecule has 0 aliphatic carbocycles. The number of ether oxygens (including phenoxy) is 1. The molecule has 2 aromatic carbocycles. The number of rotatable bonds is 4. The number of nitrogens with zero attached hydrogens (tertiary/aromatic N) is 1. The van der Waals surface area contributed by atoms with Gasteiger partial charge in [-0.15, -0.1) is 0 Å².